The topological polar surface area (TPSA) is 45.1 Å². The van der Waals surface area contributed by atoms with Gasteiger partial charge in [-0.3, -0.25) is 4.98 Å². The van der Waals surface area contributed by atoms with Gasteiger partial charge in [-0.15, -0.1) is 0 Å². The maximum absolute atomic E-state index is 10.4. The minimum Gasteiger partial charge on any atom is -0.387 e. The van der Waals surface area contributed by atoms with Gasteiger partial charge in [0.25, 0.3) is 0 Å². The summed E-state index contributed by atoms with van der Waals surface area (Å²) in [6.45, 7) is 2.73. The summed E-state index contributed by atoms with van der Waals surface area (Å²) in [4.78, 5) is 4.09. The van der Waals surface area contributed by atoms with Gasteiger partial charge in [-0.25, -0.2) is 0 Å². The molecule has 2 atom stereocenters. The van der Waals surface area contributed by atoms with Crippen molar-refractivity contribution in [2.45, 2.75) is 30.6 Å². The molecule has 5 heteroatoms. The molecule has 0 amide bonds. The number of anilines is 1. The Morgan fingerprint density at radius 2 is 2.47 bits per heavy atom. The second-order valence-electron chi connectivity index (χ2n) is 4.33. The van der Waals surface area contributed by atoms with E-state index in [0.717, 1.165) is 28.8 Å². The zero-order valence-corrected chi connectivity index (χ0v) is 12.2. The molecular formula is C12H17BrN2OS. The smallest absolute Gasteiger partial charge is 0.0937 e. The maximum atomic E-state index is 10.4. The summed E-state index contributed by atoms with van der Waals surface area (Å²) in [5, 5.41) is 14.1. The molecule has 1 fully saturated rings. The van der Waals surface area contributed by atoms with E-state index in [1.807, 2.05) is 17.8 Å². The number of pyridine rings is 1. The first-order chi connectivity index (χ1) is 8.14. The van der Waals surface area contributed by atoms with Crippen molar-refractivity contribution in [2.24, 2.45) is 0 Å². The number of halogens is 1. The summed E-state index contributed by atoms with van der Waals surface area (Å²) in [7, 11) is 0. The van der Waals surface area contributed by atoms with Crippen LogP contribution in [-0.2, 0) is 0 Å². The lowest BCUT2D eigenvalue weighted by molar-refractivity contribution is -0.0120. The molecule has 17 heavy (non-hydrogen) atoms. The number of nitrogens with zero attached hydrogens (tertiary/aromatic N) is 1. The Hall–Kier alpha value is -0.260. The number of hydrogen-bond donors (Lipinski definition) is 2. The molecule has 3 nitrogen and oxygen atoms in total. The average molecular weight is 317 g/mol. The standard InChI is InChI=1S/C12H17BrN2OS/c1-2-17-11-3-4-12(11,16)8-15-10-5-9(13)6-14-7-10/h5-7,11,15-16H,2-4,8H2,1H3. The number of thioether (sulfide) groups is 1. The molecule has 0 radical (unpaired) electrons. The largest absolute Gasteiger partial charge is 0.387 e. The first-order valence-electron chi connectivity index (χ1n) is 5.82. The van der Waals surface area contributed by atoms with Gasteiger partial charge in [-0.05, 0) is 40.6 Å². The van der Waals surface area contributed by atoms with Gasteiger partial charge in [0.1, 0.15) is 0 Å². The molecule has 0 aromatic carbocycles. The van der Waals surface area contributed by atoms with Gasteiger partial charge in [0.15, 0.2) is 0 Å². The molecule has 0 aliphatic heterocycles. The van der Waals surface area contributed by atoms with Crippen LogP contribution in [0.3, 0.4) is 0 Å². The van der Waals surface area contributed by atoms with E-state index in [2.05, 4.69) is 33.2 Å². The second-order valence-corrected chi connectivity index (χ2v) is 6.73. The highest BCUT2D eigenvalue weighted by atomic mass is 79.9. The van der Waals surface area contributed by atoms with Gasteiger partial charge >= 0.3 is 0 Å². The minimum absolute atomic E-state index is 0.375. The van der Waals surface area contributed by atoms with Crippen LogP contribution in [0.15, 0.2) is 22.9 Å². The van der Waals surface area contributed by atoms with Crippen LogP contribution in [0.1, 0.15) is 19.8 Å². The number of hydrogen-bond acceptors (Lipinski definition) is 4. The van der Waals surface area contributed by atoms with Gasteiger partial charge in [-0.2, -0.15) is 11.8 Å². The van der Waals surface area contributed by atoms with Gasteiger partial charge in [0.05, 0.1) is 17.5 Å². The molecule has 1 aliphatic carbocycles. The fraction of sp³-hybridized carbons (Fsp3) is 0.583. The molecule has 2 unspecified atom stereocenters. The van der Waals surface area contributed by atoms with E-state index < -0.39 is 5.60 Å². The SMILES string of the molecule is CCSC1CCC1(O)CNc1cncc(Br)c1. The molecule has 0 spiro atoms. The molecule has 2 N–H and O–H groups in total. The zero-order chi connectivity index (χ0) is 12.3. The van der Waals surface area contributed by atoms with Gasteiger partial charge in [0, 0.05) is 22.5 Å². The number of aromatic nitrogens is 1. The molecule has 2 rings (SSSR count). The summed E-state index contributed by atoms with van der Waals surface area (Å²) >= 11 is 5.23. The van der Waals surface area contributed by atoms with Crippen LogP contribution in [-0.4, -0.2) is 33.2 Å². The van der Waals surface area contributed by atoms with Crippen LogP contribution < -0.4 is 5.32 Å². The highest BCUT2D eigenvalue weighted by molar-refractivity contribution is 9.10. The Bertz CT molecular complexity index is 391. The molecule has 1 aromatic rings. The van der Waals surface area contributed by atoms with E-state index >= 15 is 0 Å². The predicted molar refractivity (Wildman–Crippen MR) is 76.5 cm³/mol. The normalized spacial score (nSPS) is 27.6. The Kier molecular flexibility index (Phi) is 4.33. The number of rotatable bonds is 5. The van der Waals surface area contributed by atoms with E-state index in [4.69, 9.17) is 0 Å². The lowest BCUT2D eigenvalue weighted by atomic mass is 9.79. The van der Waals surface area contributed by atoms with Crippen molar-refractivity contribution in [1.82, 2.24) is 4.98 Å². The van der Waals surface area contributed by atoms with Crippen molar-refractivity contribution in [3.8, 4) is 0 Å². The first-order valence-corrected chi connectivity index (χ1v) is 7.66. The van der Waals surface area contributed by atoms with Crippen LogP contribution >= 0.6 is 27.7 Å². The van der Waals surface area contributed by atoms with Crippen molar-refractivity contribution < 1.29 is 5.11 Å². The van der Waals surface area contributed by atoms with Crippen LogP contribution in [0.5, 0.6) is 0 Å². The van der Waals surface area contributed by atoms with Crippen molar-refractivity contribution in [1.29, 1.82) is 0 Å². The van der Waals surface area contributed by atoms with Crippen molar-refractivity contribution in [3.05, 3.63) is 22.9 Å². The van der Waals surface area contributed by atoms with E-state index in [-0.39, 0.29) is 0 Å². The average Bonchev–Trinajstić information content (AvgIpc) is 2.32. The highest BCUT2D eigenvalue weighted by Crippen LogP contribution is 2.41. The molecule has 1 aromatic heterocycles. The fourth-order valence-electron chi connectivity index (χ4n) is 2.00. The van der Waals surface area contributed by atoms with Crippen LogP contribution in [0.2, 0.25) is 0 Å². The third-order valence-corrected chi connectivity index (χ3v) is 4.95. The van der Waals surface area contributed by atoms with E-state index in [1.165, 1.54) is 0 Å². The van der Waals surface area contributed by atoms with E-state index in [1.54, 1.807) is 12.4 Å². The fourth-order valence-corrected chi connectivity index (χ4v) is 3.56. The monoisotopic (exact) mass is 316 g/mol. The molecule has 1 saturated carbocycles. The molecular weight excluding hydrogens is 300 g/mol. The minimum atomic E-state index is -0.553. The number of nitrogens with one attached hydrogen (secondary N) is 1. The van der Waals surface area contributed by atoms with Crippen LogP contribution in [0.4, 0.5) is 5.69 Å². The second kappa shape index (κ2) is 5.59. The summed E-state index contributed by atoms with van der Waals surface area (Å²) in [6.07, 6.45) is 5.53. The van der Waals surface area contributed by atoms with E-state index in [0.29, 0.717) is 11.8 Å². The van der Waals surface area contributed by atoms with Crippen molar-refractivity contribution >= 4 is 33.4 Å². The molecule has 0 bridgehead atoms. The van der Waals surface area contributed by atoms with Gasteiger partial charge in [0.2, 0.25) is 0 Å². The zero-order valence-electron chi connectivity index (χ0n) is 9.82. The van der Waals surface area contributed by atoms with Crippen LogP contribution in [0.25, 0.3) is 0 Å². The van der Waals surface area contributed by atoms with Crippen molar-refractivity contribution in [2.75, 3.05) is 17.6 Å². The third kappa shape index (κ3) is 3.14. The van der Waals surface area contributed by atoms with Crippen LogP contribution in [0, 0.1) is 0 Å². The molecule has 0 saturated heterocycles. The highest BCUT2D eigenvalue weighted by Gasteiger charge is 2.44. The van der Waals surface area contributed by atoms with Gasteiger partial charge in [-0.1, -0.05) is 6.92 Å². The molecule has 1 aliphatic rings. The van der Waals surface area contributed by atoms with Crippen molar-refractivity contribution in [3.63, 3.8) is 0 Å². The number of aliphatic hydroxyl groups is 1. The summed E-state index contributed by atoms with van der Waals surface area (Å²) < 4.78 is 0.947. The Balaban J connectivity index is 1.89. The first kappa shape index (κ1) is 13.2. The van der Waals surface area contributed by atoms with Gasteiger partial charge < -0.3 is 10.4 Å². The van der Waals surface area contributed by atoms with E-state index in [9.17, 15) is 5.11 Å². The predicted octanol–water partition coefficient (Wildman–Crippen LogP) is 2.90. The molecule has 1 heterocycles. The maximum Gasteiger partial charge on any atom is 0.0937 e. The molecule has 94 valence electrons. The quantitative estimate of drug-likeness (QED) is 0.876. The Labute approximate surface area is 115 Å². The Morgan fingerprint density at radius 3 is 3.06 bits per heavy atom. The summed E-state index contributed by atoms with van der Waals surface area (Å²) in [5.41, 5.74) is 0.392. The Morgan fingerprint density at radius 1 is 1.65 bits per heavy atom. The lowest BCUT2D eigenvalue weighted by Gasteiger charge is -2.45. The lowest BCUT2D eigenvalue weighted by Crippen LogP contribution is -2.54. The summed E-state index contributed by atoms with van der Waals surface area (Å²) in [5.74, 6) is 1.06. The summed E-state index contributed by atoms with van der Waals surface area (Å²) in [6, 6.07) is 1.97. The third-order valence-electron chi connectivity index (χ3n) is 3.11.